The summed E-state index contributed by atoms with van der Waals surface area (Å²) in [6.45, 7) is 9.12. The largest absolute Gasteiger partial charge is 0.497 e. The molecule has 0 bridgehead atoms. The molecule has 5 heteroatoms. The maximum absolute atomic E-state index is 5.78. The summed E-state index contributed by atoms with van der Waals surface area (Å²) >= 11 is 0. The molecule has 4 nitrogen and oxygen atoms in total. The van der Waals surface area contributed by atoms with Crippen LogP contribution in [0.5, 0.6) is 23.0 Å². The van der Waals surface area contributed by atoms with Crippen molar-refractivity contribution in [3.8, 4) is 23.0 Å². The molecule has 4 rings (SSSR count). The molecule has 0 saturated carbocycles. The number of methoxy groups -OCH3 is 4. The second-order valence-electron chi connectivity index (χ2n) is 9.39. The molecule has 0 aliphatic heterocycles. The van der Waals surface area contributed by atoms with E-state index in [1.165, 1.54) is 37.5 Å². The van der Waals surface area contributed by atoms with Crippen molar-refractivity contribution in [1.82, 2.24) is 0 Å². The minimum atomic E-state index is -2.87. The van der Waals surface area contributed by atoms with Crippen LogP contribution in [0.15, 0.2) is 88.6 Å². The first kappa shape index (κ1) is 25.6. The van der Waals surface area contributed by atoms with Crippen LogP contribution in [-0.2, 0) is 0 Å². The highest BCUT2D eigenvalue weighted by Crippen LogP contribution is 2.42. The molecule has 1 atom stereocenters. The summed E-state index contributed by atoms with van der Waals surface area (Å²) in [5, 5.41) is 5.15. The number of ether oxygens (including phenoxy) is 4. The van der Waals surface area contributed by atoms with Crippen LogP contribution in [-0.4, -0.2) is 36.5 Å². The van der Waals surface area contributed by atoms with E-state index >= 15 is 0 Å². The van der Waals surface area contributed by atoms with Crippen LogP contribution in [0, 0.1) is 5.92 Å². The Kier molecular flexibility index (Phi) is 7.32. The summed E-state index contributed by atoms with van der Waals surface area (Å²) < 4.78 is 23.1. The highest BCUT2D eigenvalue weighted by atomic mass is 28.3. The summed E-state index contributed by atoms with van der Waals surface area (Å²) in [7, 11) is 3.95. The molecule has 0 N–H and O–H groups in total. The van der Waals surface area contributed by atoms with Crippen molar-refractivity contribution in [2.45, 2.75) is 27.7 Å². The average molecular weight is 501 g/mol. The second kappa shape index (κ2) is 10.3. The Labute approximate surface area is 216 Å². The van der Waals surface area contributed by atoms with Crippen LogP contribution < -0.4 is 34.5 Å². The highest BCUT2D eigenvalue weighted by Gasteiger charge is 2.48. The monoisotopic (exact) mass is 500 g/mol. The van der Waals surface area contributed by atoms with Crippen molar-refractivity contribution in [1.29, 1.82) is 0 Å². The van der Waals surface area contributed by atoms with E-state index in [1.54, 1.807) is 28.4 Å². The lowest BCUT2D eigenvalue weighted by Crippen LogP contribution is -2.69. The molecule has 0 aromatic heterocycles. The van der Waals surface area contributed by atoms with E-state index in [4.69, 9.17) is 18.9 Å². The first-order valence-electron chi connectivity index (χ1n) is 12.2. The van der Waals surface area contributed by atoms with Crippen LogP contribution >= 0.6 is 0 Å². The second-order valence-corrected chi connectivity index (χ2v) is 13.2. The van der Waals surface area contributed by atoms with Crippen molar-refractivity contribution in [2.75, 3.05) is 28.4 Å². The number of benzene rings is 3. The maximum Gasteiger partial charge on any atom is 0.177 e. The summed E-state index contributed by atoms with van der Waals surface area (Å²) in [5.41, 5.74) is 4.15. The van der Waals surface area contributed by atoms with E-state index in [1.807, 2.05) is 12.1 Å². The zero-order valence-corrected chi connectivity index (χ0v) is 23.6. The summed E-state index contributed by atoms with van der Waals surface area (Å²) in [4.78, 5) is 0. The molecular weight excluding hydrogens is 464 g/mol. The van der Waals surface area contributed by atoms with E-state index in [2.05, 4.69) is 82.3 Å². The van der Waals surface area contributed by atoms with Gasteiger partial charge in [-0.2, -0.15) is 0 Å². The molecule has 188 valence electrons. The molecule has 36 heavy (non-hydrogen) atoms. The predicted octanol–water partition coefficient (Wildman–Crippen LogP) is 5.03. The zero-order chi connectivity index (χ0) is 26.0. The van der Waals surface area contributed by atoms with E-state index in [-0.39, 0.29) is 5.92 Å². The lowest BCUT2D eigenvalue weighted by atomic mass is 10.1. The van der Waals surface area contributed by atoms with Crippen LogP contribution in [0.1, 0.15) is 27.7 Å². The number of hydrogen-bond acceptors (Lipinski definition) is 4. The third-order valence-corrected chi connectivity index (χ3v) is 12.9. The molecule has 0 heterocycles. The Morgan fingerprint density at radius 2 is 0.972 bits per heavy atom. The van der Waals surface area contributed by atoms with Gasteiger partial charge in [0, 0.05) is 12.1 Å². The Morgan fingerprint density at radius 3 is 1.31 bits per heavy atom. The molecule has 0 spiro atoms. The fourth-order valence-corrected chi connectivity index (χ4v) is 11.3. The van der Waals surface area contributed by atoms with Crippen molar-refractivity contribution >= 4 is 23.6 Å². The van der Waals surface area contributed by atoms with E-state index in [9.17, 15) is 0 Å². The van der Waals surface area contributed by atoms with Crippen LogP contribution in [0.25, 0.3) is 0 Å². The molecule has 1 aliphatic carbocycles. The van der Waals surface area contributed by atoms with Crippen LogP contribution in [0.3, 0.4) is 0 Å². The van der Waals surface area contributed by atoms with Gasteiger partial charge in [0.25, 0.3) is 0 Å². The zero-order valence-electron chi connectivity index (χ0n) is 22.6. The number of rotatable bonds is 8. The smallest absolute Gasteiger partial charge is 0.177 e. The van der Waals surface area contributed by atoms with E-state index < -0.39 is 8.07 Å². The maximum atomic E-state index is 5.78. The lowest BCUT2D eigenvalue weighted by Gasteiger charge is -2.39. The molecule has 0 amide bonds. The van der Waals surface area contributed by atoms with Gasteiger partial charge >= 0.3 is 0 Å². The standard InChI is InChI=1S/C31H36O4Si/c1-20-21(2)23(4)31(22(20)3)36(28-12-10-9-11-13-28,29-16-24(32-5)14-25(17-29)33-6)30-18-26(34-7)15-27(19-30)35-8/h9-19,22H,1-8H3. The van der Waals surface area contributed by atoms with Gasteiger partial charge in [-0.1, -0.05) is 53.6 Å². The van der Waals surface area contributed by atoms with Crippen LogP contribution in [0.2, 0.25) is 0 Å². The van der Waals surface area contributed by atoms with Crippen molar-refractivity contribution in [2.24, 2.45) is 5.92 Å². The fraction of sp³-hybridized carbons (Fsp3) is 0.290. The minimum Gasteiger partial charge on any atom is -0.497 e. The van der Waals surface area contributed by atoms with Gasteiger partial charge in [-0.3, -0.25) is 0 Å². The minimum absolute atomic E-state index is 0.284. The van der Waals surface area contributed by atoms with Gasteiger partial charge in [-0.05, 0) is 72.1 Å². The lowest BCUT2D eigenvalue weighted by molar-refractivity contribution is 0.395. The molecule has 0 fully saturated rings. The molecule has 1 unspecified atom stereocenters. The normalized spacial score (nSPS) is 15.8. The van der Waals surface area contributed by atoms with Gasteiger partial charge in [-0.25, -0.2) is 0 Å². The Balaban J connectivity index is 2.25. The van der Waals surface area contributed by atoms with Gasteiger partial charge in [0.05, 0.1) is 28.4 Å². The van der Waals surface area contributed by atoms with Gasteiger partial charge in [-0.15, -0.1) is 0 Å². The summed E-state index contributed by atoms with van der Waals surface area (Å²) in [6, 6.07) is 23.5. The fourth-order valence-electron chi connectivity index (χ4n) is 5.67. The SMILES string of the molecule is COc1cc(OC)cc([Si](C2=C(C)C(C)=C(C)C2C)(c2ccccc2)c2cc(OC)cc(OC)c2)c1. The third kappa shape index (κ3) is 4.11. The van der Waals surface area contributed by atoms with Gasteiger partial charge in [0.15, 0.2) is 8.07 Å². The highest BCUT2D eigenvalue weighted by molar-refractivity contribution is 7.16. The number of hydrogen-bond donors (Lipinski definition) is 0. The molecular formula is C31H36O4Si. The average Bonchev–Trinajstić information content (AvgIpc) is 3.12. The van der Waals surface area contributed by atoms with Crippen molar-refractivity contribution < 1.29 is 18.9 Å². The van der Waals surface area contributed by atoms with E-state index in [0.717, 1.165) is 23.0 Å². The quantitative estimate of drug-likeness (QED) is 0.321. The third-order valence-electron chi connectivity index (χ3n) is 7.82. The molecule has 0 saturated heterocycles. The van der Waals surface area contributed by atoms with Crippen molar-refractivity contribution in [3.05, 3.63) is 88.6 Å². The number of allylic oxidation sites excluding steroid dienone is 4. The molecule has 0 radical (unpaired) electrons. The van der Waals surface area contributed by atoms with Gasteiger partial charge in [0.2, 0.25) is 0 Å². The predicted molar refractivity (Wildman–Crippen MR) is 150 cm³/mol. The van der Waals surface area contributed by atoms with E-state index in [0.29, 0.717) is 0 Å². The van der Waals surface area contributed by atoms with Gasteiger partial charge in [0.1, 0.15) is 23.0 Å². The first-order valence-corrected chi connectivity index (χ1v) is 14.2. The Hall–Kier alpha value is -3.44. The molecule has 3 aromatic rings. The summed E-state index contributed by atoms with van der Waals surface area (Å²) in [5.74, 6) is 3.38. The molecule has 1 aliphatic rings. The Morgan fingerprint density at radius 1 is 0.556 bits per heavy atom. The first-order chi connectivity index (χ1) is 17.3. The van der Waals surface area contributed by atoms with Gasteiger partial charge < -0.3 is 18.9 Å². The Bertz CT molecular complexity index is 1220. The van der Waals surface area contributed by atoms with Crippen LogP contribution in [0.4, 0.5) is 0 Å². The van der Waals surface area contributed by atoms with Crippen molar-refractivity contribution in [3.63, 3.8) is 0 Å². The molecule has 3 aromatic carbocycles. The summed E-state index contributed by atoms with van der Waals surface area (Å²) in [6.07, 6.45) is 0. The topological polar surface area (TPSA) is 36.9 Å².